The Labute approximate surface area is 197 Å². The lowest BCUT2D eigenvalue weighted by Gasteiger charge is -2.25. The van der Waals surface area contributed by atoms with Gasteiger partial charge in [0.15, 0.2) is 0 Å². The first-order chi connectivity index (χ1) is 16.0. The number of nitrogens with zero attached hydrogens (tertiary/aromatic N) is 3. The highest BCUT2D eigenvalue weighted by Gasteiger charge is 2.33. The zero-order valence-corrected chi connectivity index (χ0v) is 19.0. The van der Waals surface area contributed by atoms with E-state index in [-0.39, 0.29) is 44.0 Å². The third kappa shape index (κ3) is 5.16. The van der Waals surface area contributed by atoms with E-state index < -0.39 is 0 Å². The van der Waals surface area contributed by atoms with E-state index in [9.17, 15) is 14.4 Å². The van der Waals surface area contributed by atoms with Crippen molar-refractivity contribution >= 4 is 45.8 Å². The summed E-state index contributed by atoms with van der Waals surface area (Å²) in [5.74, 6) is -0.744. The van der Waals surface area contributed by atoms with Gasteiger partial charge in [0.25, 0.3) is 5.91 Å². The summed E-state index contributed by atoms with van der Waals surface area (Å²) in [4.78, 5) is 43.2. The van der Waals surface area contributed by atoms with E-state index in [2.05, 4.69) is 0 Å². The van der Waals surface area contributed by atoms with E-state index in [0.717, 1.165) is 10.8 Å². The fraction of sp³-hybridized carbons (Fsp3) is 0.240. The maximum atomic E-state index is 13.2. The van der Waals surface area contributed by atoms with E-state index in [0.29, 0.717) is 22.9 Å². The molecule has 3 aromatic carbocycles. The monoisotopic (exact) mass is 465 g/mol. The maximum Gasteiger partial charge on any atom is 0.254 e. The van der Waals surface area contributed by atoms with Gasteiger partial charge in [0.2, 0.25) is 11.8 Å². The molecule has 170 valence electrons. The second-order valence-corrected chi connectivity index (χ2v) is 8.25. The van der Waals surface area contributed by atoms with Crippen LogP contribution in [0.4, 0.5) is 5.69 Å². The van der Waals surface area contributed by atoms with Crippen LogP contribution in [0.25, 0.3) is 10.8 Å². The number of ether oxygens (including phenoxy) is 1. The third-order valence-electron chi connectivity index (χ3n) is 5.61. The molecule has 3 aromatic rings. The maximum absolute atomic E-state index is 13.2. The van der Waals surface area contributed by atoms with Crippen molar-refractivity contribution in [2.75, 3.05) is 44.9 Å². The Balaban J connectivity index is 1.48. The van der Waals surface area contributed by atoms with Gasteiger partial charge in [0.1, 0.15) is 19.8 Å². The predicted molar refractivity (Wildman–Crippen MR) is 127 cm³/mol. The minimum Gasteiger partial charge on any atom is -0.383 e. The minimum absolute atomic E-state index is 0.0380. The molecule has 0 radical (unpaired) electrons. The van der Waals surface area contributed by atoms with Crippen molar-refractivity contribution in [3.8, 4) is 0 Å². The molecule has 1 fully saturated rings. The van der Waals surface area contributed by atoms with E-state index in [1.165, 1.54) is 14.7 Å². The number of fused-ring (bicyclic) bond motifs is 1. The number of anilines is 1. The highest BCUT2D eigenvalue weighted by atomic mass is 35.5. The van der Waals surface area contributed by atoms with Crippen LogP contribution in [0.5, 0.6) is 0 Å². The van der Waals surface area contributed by atoms with Crippen molar-refractivity contribution in [3.63, 3.8) is 0 Å². The molecule has 0 unspecified atom stereocenters. The van der Waals surface area contributed by atoms with Gasteiger partial charge in [-0.2, -0.15) is 0 Å². The summed E-state index contributed by atoms with van der Waals surface area (Å²) in [6.07, 6.45) is 0. The van der Waals surface area contributed by atoms with Gasteiger partial charge < -0.3 is 14.5 Å². The van der Waals surface area contributed by atoms with Gasteiger partial charge in [-0.15, -0.1) is 0 Å². The van der Waals surface area contributed by atoms with Crippen LogP contribution in [0.3, 0.4) is 0 Å². The number of carbonyl (C=O) groups excluding carboxylic acids is 3. The first-order valence-electron chi connectivity index (χ1n) is 10.6. The Kier molecular flexibility index (Phi) is 6.91. The number of amides is 3. The molecule has 33 heavy (non-hydrogen) atoms. The number of halogens is 1. The zero-order valence-electron chi connectivity index (χ0n) is 18.2. The molecular formula is C25H24ClN3O4. The Hall–Kier alpha value is -3.42. The smallest absolute Gasteiger partial charge is 0.254 e. The van der Waals surface area contributed by atoms with Crippen LogP contribution in [-0.2, 0) is 14.3 Å². The van der Waals surface area contributed by atoms with Crippen molar-refractivity contribution in [1.82, 2.24) is 9.80 Å². The lowest BCUT2D eigenvalue weighted by molar-refractivity contribution is -0.132. The molecule has 0 bridgehead atoms. The molecule has 0 aliphatic carbocycles. The van der Waals surface area contributed by atoms with Crippen molar-refractivity contribution in [2.45, 2.75) is 0 Å². The van der Waals surface area contributed by atoms with Crippen LogP contribution in [0, 0.1) is 0 Å². The van der Waals surface area contributed by atoms with Gasteiger partial charge in [-0.25, -0.2) is 0 Å². The summed E-state index contributed by atoms with van der Waals surface area (Å²) < 4.78 is 5.15. The average molecular weight is 466 g/mol. The summed E-state index contributed by atoms with van der Waals surface area (Å²) in [5, 5.41) is 2.55. The highest BCUT2D eigenvalue weighted by Crippen LogP contribution is 2.22. The Morgan fingerprint density at radius 1 is 1.03 bits per heavy atom. The molecule has 0 spiro atoms. The summed E-state index contributed by atoms with van der Waals surface area (Å²) in [5.41, 5.74) is 1.17. The molecular weight excluding hydrogens is 442 g/mol. The van der Waals surface area contributed by atoms with Crippen LogP contribution >= 0.6 is 11.6 Å². The van der Waals surface area contributed by atoms with Crippen molar-refractivity contribution in [2.24, 2.45) is 0 Å². The molecule has 4 rings (SSSR count). The standard InChI is InChI=1S/C25H24ClN3O4/c1-33-13-12-27(25(32)20-7-6-18-4-2-3-5-19(18)14-20)15-23(30)28-16-24(31)29(17-28)22-10-8-21(26)9-11-22/h2-11,14H,12-13,15-17H2,1H3. The predicted octanol–water partition coefficient (Wildman–Crippen LogP) is 3.41. The Morgan fingerprint density at radius 2 is 1.76 bits per heavy atom. The van der Waals surface area contributed by atoms with Crippen LogP contribution in [-0.4, -0.2) is 67.5 Å². The quantitative estimate of drug-likeness (QED) is 0.536. The van der Waals surface area contributed by atoms with Crippen LogP contribution < -0.4 is 4.90 Å². The molecule has 7 nitrogen and oxygen atoms in total. The van der Waals surface area contributed by atoms with Crippen LogP contribution in [0.1, 0.15) is 10.4 Å². The molecule has 1 saturated heterocycles. The molecule has 0 atom stereocenters. The average Bonchev–Trinajstić information content (AvgIpc) is 3.23. The van der Waals surface area contributed by atoms with Crippen molar-refractivity contribution in [3.05, 3.63) is 77.3 Å². The van der Waals surface area contributed by atoms with E-state index in [4.69, 9.17) is 16.3 Å². The van der Waals surface area contributed by atoms with Gasteiger partial charge in [-0.05, 0) is 47.2 Å². The van der Waals surface area contributed by atoms with Gasteiger partial charge in [-0.3, -0.25) is 19.3 Å². The lowest BCUT2D eigenvalue weighted by Crippen LogP contribution is -2.44. The number of carbonyl (C=O) groups is 3. The van der Waals surface area contributed by atoms with Gasteiger partial charge in [0, 0.05) is 29.9 Å². The topological polar surface area (TPSA) is 70.2 Å². The number of rotatable bonds is 7. The first-order valence-corrected chi connectivity index (χ1v) is 10.9. The second-order valence-electron chi connectivity index (χ2n) is 7.81. The second kappa shape index (κ2) is 10.0. The number of methoxy groups -OCH3 is 1. The zero-order chi connectivity index (χ0) is 23.4. The molecule has 1 aliphatic rings. The molecule has 0 N–H and O–H groups in total. The van der Waals surface area contributed by atoms with E-state index in [1.54, 1.807) is 37.4 Å². The summed E-state index contributed by atoms with van der Waals surface area (Å²) in [6, 6.07) is 20.1. The molecule has 3 amide bonds. The van der Waals surface area contributed by atoms with Crippen molar-refractivity contribution in [1.29, 1.82) is 0 Å². The normalized spacial score (nSPS) is 13.6. The largest absolute Gasteiger partial charge is 0.383 e. The Morgan fingerprint density at radius 3 is 2.48 bits per heavy atom. The fourth-order valence-electron chi connectivity index (χ4n) is 3.78. The molecule has 0 saturated carbocycles. The molecule has 1 heterocycles. The first kappa shape index (κ1) is 22.8. The van der Waals surface area contributed by atoms with Gasteiger partial charge >= 0.3 is 0 Å². The molecule has 0 aromatic heterocycles. The highest BCUT2D eigenvalue weighted by molar-refractivity contribution is 6.30. The SMILES string of the molecule is COCCN(CC(=O)N1CC(=O)N(c2ccc(Cl)cc2)C1)C(=O)c1ccc2ccccc2c1. The molecule has 8 heteroatoms. The van der Waals surface area contributed by atoms with Crippen molar-refractivity contribution < 1.29 is 19.1 Å². The number of hydrogen-bond acceptors (Lipinski definition) is 4. The van der Waals surface area contributed by atoms with Gasteiger partial charge in [-0.1, -0.05) is 41.9 Å². The van der Waals surface area contributed by atoms with E-state index in [1.807, 2.05) is 36.4 Å². The third-order valence-corrected chi connectivity index (χ3v) is 5.86. The minimum atomic E-state index is -0.301. The summed E-state index contributed by atoms with van der Waals surface area (Å²) >= 11 is 5.93. The number of hydrogen-bond donors (Lipinski definition) is 0. The summed E-state index contributed by atoms with van der Waals surface area (Å²) in [6.45, 7) is 0.501. The molecule has 1 aliphatic heterocycles. The number of benzene rings is 3. The fourth-order valence-corrected chi connectivity index (χ4v) is 3.91. The van der Waals surface area contributed by atoms with Crippen LogP contribution in [0.15, 0.2) is 66.7 Å². The summed E-state index contributed by atoms with van der Waals surface area (Å²) in [7, 11) is 1.55. The van der Waals surface area contributed by atoms with Gasteiger partial charge in [0.05, 0.1) is 6.61 Å². The van der Waals surface area contributed by atoms with Crippen LogP contribution in [0.2, 0.25) is 5.02 Å². The lowest BCUT2D eigenvalue weighted by atomic mass is 10.1. The van der Waals surface area contributed by atoms with E-state index >= 15 is 0 Å². The Bertz CT molecular complexity index is 1180.